The summed E-state index contributed by atoms with van der Waals surface area (Å²) in [6, 6.07) is 0. The molecule has 182 valence electrons. The highest BCUT2D eigenvalue weighted by Crippen LogP contribution is 2.54. The lowest BCUT2D eigenvalue weighted by Crippen LogP contribution is -2.55. The van der Waals surface area contributed by atoms with Crippen molar-refractivity contribution in [3.05, 3.63) is 0 Å². The van der Waals surface area contributed by atoms with E-state index in [4.69, 9.17) is 5.73 Å². The summed E-state index contributed by atoms with van der Waals surface area (Å²) >= 11 is 0. The summed E-state index contributed by atoms with van der Waals surface area (Å²) in [5, 5.41) is 10.2. The molecule has 0 amide bonds. The molecule has 4 saturated carbocycles. The predicted molar refractivity (Wildman–Crippen MR) is 130 cm³/mol. The molecule has 31 heavy (non-hydrogen) atoms. The zero-order chi connectivity index (χ0) is 22.4. The second-order valence-electron chi connectivity index (χ2n) is 11.4. The molecule has 0 aromatic carbocycles. The molecule has 2 N–H and O–H groups in total. The van der Waals surface area contributed by atoms with Crippen LogP contribution < -0.4 is 10.8 Å². The van der Waals surface area contributed by atoms with Crippen molar-refractivity contribution < 1.29 is 9.90 Å². The third-order valence-corrected chi connectivity index (χ3v) is 8.07. The van der Waals surface area contributed by atoms with Crippen LogP contribution in [0.2, 0.25) is 0 Å². The van der Waals surface area contributed by atoms with Gasteiger partial charge in [-0.25, -0.2) is 0 Å². The van der Waals surface area contributed by atoms with Crippen LogP contribution in [0.4, 0.5) is 0 Å². The smallest absolute Gasteiger partial charge is 0.0414 e. The molecule has 0 heterocycles. The van der Waals surface area contributed by atoms with Gasteiger partial charge in [0, 0.05) is 11.5 Å². The number of unbranched alkanes of at least 4 members (excludes halogenated alkanes) is 14. The van der Waals surface area contributed by atoms with Crippen molar-refractivity contribution in [2.24, 2.45) is 23.5 Å². The highest BCUT2D eigenvalue weighted by molar-refractivity contribution is 5.64. The molecular weight excluding hydrogens is 382 g/mol. The topological polar surface area (TPSA) is 66.1 Å². The Morgan fingerprint density at radius 2 is 1.00 bits per heavy atom. The Morgan fingerprint density at radius 1 is 0.677 bits per heavy atom. The van der Waals surface area contributed by atoms with Crippen LogP contribution in [0, 0.1) is 17.8 Å². The van der Waals surface area contributed by atoms with Crippen LogP contribution in [0.5, 0.6) is 0 Å². The minimum atomic E-state index is -0.903. The van der Waals surface area contributed by atoms with E-state index in [1.54, 1.807) is 0 Å². The lowest BCUT2D eigenvalue weighted by Gasteiger charge is -2.55. The van der Waals surface area contributed by atoms with Gasteiger partial charge < -0.3 is 15.6 Å². The molecule has 0 saturated heterocycles. The lowest BCUT2D eigenvalue weighted by atomic mass is 9.53. The molecule has 0 aliphatic heterocycles. The van der Waals surface area contributed by atoms with Gasteiger partial charge >= 0.3 is 0 Å². The number of carbonyl (C=O) groups excluding carboxylic acids is 1. The molecule has 4 aliphatic rings. The molecule has 0 aromatic rings. The van der Waals surface area contributed by atoms with Crippen molar-refractivity contribution in [2.45, 2.75) is 154 Å². The fourth-order valence-electron chi connectivity index (χ4n) is 6.82. The third-order valence-electron chi connectivity index (χ3n) is 8.07. The van der Waals surface area contributed by atoms with E-state index < -0.39 is 5.97 Å². The monoisotopic (exact) mass is 434 g/mol. The van der Waals surface area contributed by atoms with Gasteiger partial charge in [0.05, 0.1) is 0 Å². The zero-order valence-electron chi connectivity index (χ0n) is 20.7. The number of hydrogen-bond acceptors (Lipinski definition) is 3. The normalized spacial score (nSPS) is 28.4. The number of carbonyl (C=O) groups is 1. The quantitative estimate of drug-likeness (QED) is 0.268. The van der Waals surface area contributed by atoms with Gasteiger partial charge in [0.2, 0.25) is 0 Å². The van der Waals surface area contributed by atoms with Crippen LogP contribution in [0.1, 0.15) is 148 Å². The second-order valence-corrected chi connectivity index (χ2v) is 11.4. The van der Waals surface area contributed by atoms with Gasteiger partial charge in [0.1, 0.15) is 0 Å². The molecule has 0 radical (unpaired) electrons. The first-order valence-electron chi connectivity index (χ1n) is 14.0. The average molecular weight is 435 g/mol. The Bertz CT molecular complexity index is 440. The summed E-state index contributed by atoms with van der Waals surface area (Å²) in [7, 11) is 0. The Labute approximate surface area is 193 Å². The van der Waals surface area contributed by atoms with Crippen molar-refractivity contribution >= 4 is 5.97 Å². The Balaban J connectivity index is 0.000000254. The maximum atomic E-state index is 10.2. The highest BCUT2D eigenvalue weighted by atomic mass is 16.4. The lowest BCUT2D eigenvalue weighted by molar-refractivity contribution is -0.305. The standard InChI is InChI=1S/C18H36O2.C10H17N/c1-2-3-4-5-6-7-8-9-10-11-12-13-14-15-16-17-18(19)20;11-10-4-7-1-8(5-10)3-9(2-7)6-10/h2-17H2,1H3,(H,19,20);7-9H,1-6,11H2/p-1. The van der Waals surface area contributed by atoms with Gasteiger partial charge in [0.25, 0.3) is 0 Å². The zero-order valence-corrected chi connectivity index (χ0v) is 20.7. The second kappa shape index (κ2) is 15.3. The van der Waals surface area contributed by atoms with Crippen LogP contribution >= 0.6 is 0 Å². The third kappa shape index (κ3) is 11.7. The molecule has 4 rings (SSSR count). The maximum Gasteiger partial charge on any atom is 0.0414 e. The number of rotatable bonds is 16. The number of nitrogens with two attached hydrogens (primary N) is 1. The molecular formula is C28H52NO2-. The minimum Gasteiger partial charge on any atom is -0.550 e. The maximum absolute atomic E-state index is 10.2. The number of hydrogen-bond donors (Lipinski definition) is 1. The van der Waals surface area contributed by atoms with Crippen LogP contribution in [-0.2, 0) is 4.79 Å². The van der Waals surface area contributed by atoms with E-state index in [1.807, 2.05) is 0 Å². The molecule has 0 spiro atoms. The van der Waals surface area contributed by atoms with Crippen LogP contribution in [-0.4, -0.2) is 11.5 Å². The molecule has 4 bridgehead atoms. The highest BCUT2D eigenvalue weighted by Gasteiger charge is 2.48. The number of carboxylic acid groups (broad SMARTS) is 1. The summed E-state index contributed by atoms with van der Waals surface area (Å²) in [4.78, 5) is 10.2. The van der Waals surface area contributed by atoms with Gasteiger partial charge in [0.15, 0.2) is 0 Å². The molecule has 0 atom stereocenters. The van der Waals surface area contributed by atoms with Crippen molar-refractivity contribution in [1.29, 1.82) is 0 Å². The SMILES string of the molecule is CCCCCCCCCCCCCCCCCC(=O)[O-].NC12CC3CC(CC(C3)C1)C2. The van der Waals surface area contributed by atoms with Gasteiger partial charge in [-0.15, -0.1) is 0 Å². The molecule has 3 heteroatoms. The number of aliphatic carboxylic acids is 1. The minimum absolute atomic E-state index is 0.234. The first kappa shape index (κ1) is 26.7. The Kier molecular flexibility index (Phi) is 13.2. The fourth-order valence-corrected chi connectivity index (χ4v) is 6.82. The van der Waals surface area contributed by atoms with E-state index in [9.17, 15) is 9.90 Å². The summed E-state index contributed by atoms with van der Waals surface area (Å²) in [6.07, 6.45) is 28.4. The van der Waals surface area contributed by atoms with E-state index in [-0.39, 0.29) is 6.42 Å². The van der Waals surface area contributed by atoms with Gasteiger partial charge in [-0.3, -0.25) is 0 Å². The first-order valence-corrected chi connectivity index (χ1v) is 14.0. The van der Waals surface area contributed by atoms with Crippen LogP contribution in [0.15, 0.2) is 0 Å². The molecule has 3 nitrogen and oxygen atoms in total. The van der Waals surface area contributed by atoms with E-state index >= 15 is 0 Å². The van der Waals surface area contributed by atoms with Gasteiger partial charge in [-0.05, 0) is 69.1 Å². The van der Waals surface area contributed by atoms with Crippen molar-refractivity contribution in [3.63, 3.8) is 0 Å². The largest absolute Gasteiger partial charge is 0.550 e. The average Bonchev–Trinajstić information content (AvgIpc) is 2.69. The molecule has 4 fully saturated rings. The molecule has 0 unspecified atom stereocenters. The predicted octanol–water partition coefficient (Wildman–Crippen LogP) is 6.91. The van der Waals surface area contributed by atoms with Crippen molar-refractivity contribution in [1.82, 2.24) is 0 Å². The van der Waals surface area contributed by atoms with Gasteiger partial charge in [-0.1, -0.05) is 96.8 Å². The summed E-state index contributed by atoms with van der Waals surface area (Å²) in [6.45, 7) is 2.27. The van der Waals surface area contributed by atoms with Crippen LogP contribution in [0.3, 0.4) is 0 Å². The molecule has 0 aromatic heterocycles. The number of carboxylic acids is 1. The summed E-state index contributed by atoms with van der Waals surface area (Å²) < 4.78 is 0. The van der Waals surface area contributed by atoms with E-state index in [1.165, 1.54) is 122 Å². The summed E-state index contributed by atoms with van der Waals surface area (Å²) in [5.41, 5.74) is 6.62. The fraction of sp³-hybridized carbons (Fsp3) is 0.964. The van der Waals surface area contributed by atoms with E-state index in [0.717, 1.165) is 30.6 Å². The van der Waals surface area contributed by atoms with Crippen molar-refractivity contribution in [2.75, 3.05) is 0 Å². The van der Waals surface area contributed by atoms with E-state index in [2.05, 4.69) is 6.92 Å². The Morgan fingerprint density at radius 3 is 1.29 bits per heavy atom. The van der Waals surface area contributed by atoms with E-state index in [0.29, 0.717) is 5.54 Å². The molecule has 4 aliphatic carbocycles. The first-order chi connectivity index (χ1) is 15.0. The van der Waals surface area contributed by atoms with Gasteiger partial charge in [-0.2, -0.15) is 0 Å². The van der Waals surface area contributed by atoms with Crippen molar-refractivity contribution in [3.8, 4) is 0 Å². The summed E-state index contributed by atoms with van der Waals surface area (Å²) in [5.74, 6) is 2.16. The Hall–Kier alpha value is -0.570. The van der Waals surface area contributed by atoms with Crippen LogP contribution in [0.25, 0.3) is 0 Å².